The third-order valence-electron chi connectivity index (χ3n) is 4.03. The molecular formula is C12H18N3O14P3. The van der Waals surface area contributed by atoms with Gasteiger partial charge in [-0.2, -0.15) is 8.62 Å². The van der Waals surface area contributed by atoms with Crippen LogP contribution in [0.5, 0.6) is 0 Å². The predicted octanol–water partition coefficient (Wildman–Crippen LogP) is -2.14. The third-order valence-corrected chi connectivity index (χ3v) is 7.95. The molecule has 1 aromatic heterocycles. The SMILES string of the molecule is C#CC1(N)[C@@H](O)[C@@H]([C@@H](C)OP(=O)(O)OP(=O)(O)OP(=O)(O)O)O[C@H]1n1ccc(=O)[nH]c1=O. The minimum absolute atomic E-state index is 0.738. The summed E-state index contributed by atoms with van der Waals surface area (Å²) in [6.07, 6.45) is -0.472. The van der Waals surface area contributed by atoms with Crippen molar-refractivity contribution in [2.24, 2.45) is 5.73 Å². The van der Waals surface area contributed by atoms with Gasteiger partial charge in [-0.25, -0.2) is 18.5 Å². The van der Waals surface area contributed by atoms with Crippen LogP contribution in [0.1, 0.15) is 13.2 Å². The highest BCUT2D eigenvalue weighted by molar-refractivity contribution is 7.66. The van der Waals surface area contributed by atoms with E-state index in [1.165, 1.54) is 0 Å². The summed E-state index contributed by atoms with van der Waals surface area (Å²) in [4.78, 5) is 61.1. The fourth-order valence-corrected chi connectivity index (χ4v) is 5.95. The Labute approximate surface area is 178 Å². The standard InChI is InChI=1S/C12H18N3O14P3/c1-3-12(13)9(17)8(26-10(12)15-5-4-7(16)14-11(15)18)6(2)27-31(22,23)29-32(24,25)28-30(19,20)21/h1,4-6,8-10,17H,13H2,2H3,(H,22,23)(H,24,25)(H,14,16,18)(H2,19,20,21)/t6-,8-,9+,10-,12?/m1/s1. The molecule has 2 heterocycles. The molecule has 3 unspecified atom stereocenters. The largest absolute Gasteiger partial charge is 0.490 e. The van der Waals surface area contributed by atoms with E-state index >= 15 is 0 Å². The highest BCUT2D eigenvalue weighted by Gasteiger charge is 2.57. The minimum Gasteiger partial charge on any atom is -0.387 e. The van der Waals surface area contributed by atoms with Gasteiger partial charge in [0.1, 0.15) is 12.2 Å². The van der Waals surface area contributed by atoms with E-state index in [0.29, 0.717) is 0 Å². The molecule has 32 heavy (non-hydrogen) atoms. The van der Waals surface area contributed by atoms with Crippen LogP contribution >= 0.6 is 23.5 Å². The van der Waals surface area contributed by atoms with E-state index in [0.717, 1.165) is 23.8 Å². The summed E-state index contributed by atoms with van der Waals surface area (Å²) in [5, 5.41) is 10.5. The first kappa shape index (κ1) is 26.8. The summed E-state index contributed by atoms with van der Waals surface area (Å²) in [7, 11) is -17.0. The van der Waals surface area contributed by atoms with Crippen LogP contribution in [0.4, 0.5) is 0 Å². The molecular weight excluding hydrogens is 503 g/mol. The van der Waals surface area contributed by atoms with Gasteiger partial charge in [0.05, 0.1) is 6.10 Å². The number of aromatic amines is 1. The van der Waals surface area contributed by atoms with E-state index in [2.05, 4.69) is 13.1 Å². The third kappa shape index (κ3) is 6.10. The molecule has 0 amide bonds. The zero-order valence-electron chi connectivity index (χ0n) is 15.8. The Balaban J connectivity index is 2.28. The summed E-state index contributed by atoms with van der Waals surface area (Å²) < 4.78 is 52.0. The van der Waals surface area contributed by atoms with Gasteiger partial charge < -0.3 is 35.2 Å². The first-order valence-electron chi connectivity index (χ1n) is 8.14. The number of phosphoric acid groups is 3. The topological polar surface area (TPSA) is 270 Å². The zero-order chi connectivity index (χ0) is 24.7. The number of nitrogens with one attached hydrogen (secondary N) is 1. The number of H-pyrrole nitrogens is 1. The Morgan fingerprint density at radius 1 is 1.25 bits per heavy atom. The second-order valence-corrected chi connectivity index (χ2v) is 10.8. The van der Waals surface area contributed by atoms with E-state index < -0.39 is 64.8 Å². The number of aliphatic hydroxyl groups is 1. The van der Waals surface area contributed by atoms with E-state index in [1.54, 1.807) is 0 Å². The molecule has 8 N–H and O–H groups in total. The van der Waals surface area contributed by atoms with Crippen LogP contribution < -0.4 is 17.0 Å². The van der Waals surface area contributed by atoms with Crippen molar-refractivity contribution in [3.8, 4) is 12.3 Å². The molecule has 20 heteroatoms. The lowest BCUT2D eigenvalue weighted by atomic mass is 9.90. The van der Waals surface area contributed by atoms with Crippen molar-refractivity contribution in [1.82, 2.24) is 9.55 Å². The molecule has 17 nitrogen and oxygen atoms in total. The fraction of sp³-hybridized carbons (Fsp3) is 0.500. The average molecular weight is 521 g/mol. The zero-order valence-corrected chi connectivity index (χ0v) is 18.5. The number of hydrogen-bond donors (Lipinski definition) is 7. The van der Waals surface area contributed by atoms with Crippen LogP contribution in [0.3, 0.4) is 0 Å². The van der Waals surface area contributed by atoms with E-state index in [9.17, 15) is 38.2 Å². The maximum atomic E-state index is 12.1. The number of nitrogens with zero attached hydrogens (tertiary/aromatic N) is 1. The number of hydrogen-bond acceptors (Lipinski definition) is 11. The summed E-state index contributed by atoms with van der Waals surface area (Å²) >= 11 is 0. The fourth-order valence-electron chi connectivity index (χ4n) is 2.75. The van der Waals surface area contributed by atoms with Crippen molar-refractivity contribution >= 4 is 23.5 Å². The lowest BCUT2D eigenvalue weighted by molar-refractivity contribution is -0.0755. The number of phosphoric ester groups is 1. The van der Waals surface area contributed by atoms with Crippen LogP contribution in [-0.2, 0) is 31.6 Å². The van der Waals surface area contributed by atoms with Crippen molar-refractivity contribution in [3.63, 3.8) is 0 Å². The van der Waals surface area contributed by atoms with Gasteiger partial charge in [-0.3, -0.25) is 18.9 Å². The van der Waals surface area contributed by atoms with E-state index in [4.69, 9.17) is 26.7 Å². The molecule has 7 atom stereocenters. The molecule has 2 rings (SSSR count). The maximum Gasteiger partial charge on any atom is 0.490 e. The van der Waals surface area contributed by atoms with Gasteiger partial charge in [0.2, 0.25) is 0 Å². The quantitative estimate of drug-likeness (QED) is 0.142. The summed E-state index contributed by atoms with van der Waals surface area (Å²) in [5.41, 5.74) is 2.08. The van der Waals surface area contributed by atoms with Crippen molar-refractivity contribution < 1.29 is 56.3 Å². The Morgan fingerprint density at radius 3 is 2.34 bits per heavy atom. The van der Waals surface area contributed by atoms with Gasteiger partial charge in [-0.15, -0.1) is 6.42 Å². The first-order valence-corrected chi connectivity index (χ1v) is 12.7. The van der Waals surface area contributed by atoms with Gasteiger partial charge in [-0.05, 0) is 6.92 Å². The molecule has 1 aliphatic heterocycles. The van der Waals surface area contributed by atoms with Crippen molar-refractivity contribution in [2.75, 3.05) is 0 Å². The smallest absolute Gasteiger partial charge is 0.387 e. The second-order valence-electron chi connectivity index (χ2n) is 6.39. The van der Waals surface area contributed by atoms with Crippen LogP contribution in [0, 0.1) is 12.3 Å². The number of aliphatic hydroxyl groups excluding tert-OH is 1. The molecule has 1 aliphatic rings. The van der Waals surface area contributed by atoms with E-state index in [-0.39, 0.29) is 0 Å². The van der Waals surface area contributed by atoms with Gasteiger partial charge in [0.25, 0.3) is 5.56 Å². The molecule has 0 aliphatic carbocycles. The van der Waals surface area contributed by atoms with Crippen LogP contribution in [0.25, 0.3) is 0 Å². The molecule has 0 bridgehead atoms. The minimum atomic E-state index is -5.78. The normalized spacial score (nSPS) is 30.8. The number of aromatic nitrogens is 2. The first-order chi connectivity index (χ1) is 14.4. The van der Waals surface area contributed by atoms with E-state index in [1.807, 2.05) is 10.9 Å². The van der Waals surface area contributed by atoms with Crippen molar-refractivity contribution in [2.45, 2.75) is 37.0 Å². The van der Waals surface area contributed by atoms with Gasteiger partial charge in [0, 0.05) is 12.3 Å². The monoisotopic (exact) mass is 521 g/mol. The number of terminal acetylenes is 1. The van der Waals surface area contributed by atoms with Crippen molar-refractivity contribution in [1.29, 1.82) is 0 Å². The predicted molar refractivity (Wildman–Crippen MR) is 101 cm³/mol. The average Bonchev–Trinajstić information content (AvgIpc) is 2.84. The number of nitrogens with two attached hydrogens (primary N) is 1. The van der Waals surface area contributed by atoms with Crippen LogP contribution in [0.15, 0.2) is 21.9 Å². The molecule has 180 valence electrons. The Bertz CT molecular complexity index is 1170. The maximum absolute atomic E-state index is 12.1. The molecule has 0 spiro atoms. The Morgan fingerprint density at radius 2 is 1.84 bits per heavy atom. The van der Waals surface area contributed by atoms with Gasteiger partial charge in [-0.1, -0.05) is 5.92 Å². The number of rotatable bonds is 8. The van der Waals surface area contributed by atoms with Crippen LogP contribution in [0.2, 0.25) is 0 Å². The summed E-state index contributed by atoms with van der Waals surface area (Å²) in [6.45, 7) is 1.02. The Hall–Kier alpha value is -1.47. The van der Waals surface area contributed by atoms with Gasteiger partial charge in [0.15, 0.2) is 11.8 Å². The lowest BCUT2D eigenvalue weighted by Gasteiger charge is -2.28. The summed E-state index contributed by atoms with van der Waals surface area (Å²) in [6, 6.07) is 0.927. The molecule has 1 fully saturated rings. The molecule has 0 radical (unpaired) electrons. The highest BCUT2D eigenvalue weighted by Crippen LogP contribution is 2.66. The molecule has 1 aromatic rings. The van der Waals surface area contributed by atoms with Gasteiger partial charge >= 0.3 is 29.2 Å². The Kier molecular flexibility index (Phi) is 7.58. The number of ether oxygens (including phenoxy) is 1. The summed E-state index contributed by atoms with van der Waals surface area (Å²) in [5.74, 6) is 2.03. The van der Waals surface area contributed by atoms with Crippen molar-refractivity contribution in [3.05, 3.63) is 33.1 Å². The molecule has 0 aromatic carbocycles. The second kappa shape index (κ2) is 9.05. The molecule has 0 saturated carbocycles. The molecule has 1 saturated heterocycles. The van der Waals surface area contributed by atoms with Crippen LogP contribution in [-0.4, -0.2) is 58.1 Å². The lowest BCUT2D eigenvalue weighted by Crippen LogP contribution is -2.55. The highest BCUT2D eigenvalue weighted by atomic mass is 31.3.